The zero-order valence-electron chi connectivity index (χ0n) is 14.8. The van der Waals surface area contributed by atoms with Gasteiger partial charge in [0.25, 0.3) is 5.91 Å². The molecule has 1 aliphatic rings. The molecule has 0 saturated carbocycles. The van der Waals surface area contributed by atoms with Crippen LogP contribution < -0.4 is 5.32 Å². The summed E-state index contributed by atoms with van der Waals surface area (Å²) in [6, 6.07) is 8.24. The summed E-state index contributed by atoms with van der Waals surface area (Å²) >= 11 is 0. The molecule has 1 heterocycles. The van der Waals surface area contributed by atoms with E-state index in [1.54, 1.807) is 11.1 Å². The topological polar surface area (TPSA) is 59.4 Å². The number of nitrogens with zero attached hydrogens (tertiary/aromatic N) is 3. The molecule has 128 valence electrons. The Morgan fingerprint density at radius 2 is 1.79 bits per heavy atom. The first-order valence-electron chi connectivity index (χ1n) is 8.56. The molecule has 1 amide bonds. The van der Waals surface area contributed by atoms with Gasteiger partial charge < -0.3 is 15.1 Å². The zero-order valence-corrected chi connectivity index (χ0v) is 14.8. The van der Waals surface area contributed by atoms with Crippen molar-refractivity contribution in [2.45, 2.75) is 26.7 Å². The van der Waals surface area contributed by atoms with Crippen LogP contribution in [0.1, 0.15) is 25.0 Å². The first-order chi connectivity index (χ1) is 11.6. The zero-order chi connectivity index (χ0) is 17.5. The van der Waals surface area contributed by atoms with Crippen LogP contribution in [0.2, 0.25) is 0 Å². The van der Waals surface area contributed by atoms with Gasteiger partial charge in [0.15, 0.2) is 0 Å². The standard InChI is InChI=1S/C19H26N4O/c1-4-15-7-6-8-16(5-2)18(15)21-14-17(13-20)19(24)23-11-9-22(3)10-12-23/h6-8,14,21H,4-5,9-12H2,1-3H3/b17-14-. The monoisotopic (exact) mass is 326 g/mol. The molecular formula is C19H26N4O. The van der Waals surface area contributed by atoms with E-state index in [0.29, 0.717) is 13.1 Å². The van der Waals surface area contributed by atoms with Gasteiger partial charge in [0.2, 0.25) is 0 Å². The highest BCUT2D eigenvalue weighted by Gasteiger charge is 2.22. The second-order valence-corrected chi connectivity index (χ2v) is 6.07. The third-order valence-corrected chi connectivity index (χ3v) is 4.50. The van der Waals surface area contributed by atoms with Gasteiger partial charge in [-0.15, -0.1) is 0 Å². The Morgan fingerprint density at radius 1 is 1.21 bits per heavy atom. The van der Waals surface area contributed by atoms with E-state index in [1.807, 2.05) is 19.2 Å². The molecule has 1 N–H and O–H groups in total. The van der Waals surface area contributed by atoms with Crippen LogP contribution in [0.15, 0.2) is 30.0 Å². The number of hydrogen-bond donors (Lipinski definition) is 1. The SMILES string of the molecule is CCc1cccc(CC)c1N/C=C(/C#N)C(=O)N1CCN(C)CC1. The van der Waals surface area contributed by atoms with Gasteiger partial charge in [0.1, 0.15) is 11.6 Å². The minimum Gasteiger partial charge on any atom is -0.360 e. The number of anilines is 1. The highest BCUT2D eigenvalue weighted by atomic mass is 16.2. The molecule has 2 rings (SSSR count). The Bertz CT molecular complexity index is 630. The first kappa shape index (κ1) is 18.0. The molecule has 24 heavy (non-hydrogen) atoms. The van der Waals surface area contributed by atoms with Crippen molar-refractivity contribution in [1.29, 1.82) is 5.26 Å². The van der Waals surface area contributed by atoms with Crippen LogP contribution in [-0.4, -0.2) is 48.9 Å². The van der Waals surface area contributed by atoms with Gasteiger partial charge >= 0.3 is 0 Å². The molecule has 0 bridgehead atoms. The second kappa shape index (κ2) is 8.51. The first-order valence-corrected chi connectivity index (χ1v) is 8.56. The highest BCUT2D eigenvalue weighted by molar-refractivity contribution is 5.97. The fourth-order valence-electron chi connectivity index (χ4n) is 2.89. The number of carbonyl (C=O) groups excluding carboxylic acids is 1. The van der Waals surface area contributed by atoms with Crippen LogP contribution in [0.4, 0.5) is 5.69 Å². The second-order valence-electron chi connectivity index (χ2n) is 6.07. The number of nitrogens with one attached hydrogen (secondary N) is 1. The van der Waals surface area contributed by atoms with Crippen LogP contribution in [0.3, 0.4) is 0 Å². The van der Waals surface area contributed by atoms with E-state index in [2.05, 4.69) is 36.2 Å². The van der Waals surface area contributed by atoms with Crippen molar-refractivity contribution in [2.24, 2.45) is 0 Å². The maximum atomic E-state index is 12.5. The summed E-state index contributed by atoms with van der Waals surface area (Å²) < 4.78 is 0. The van der Waals surface area contributed by atoms with Crippen LogP contribution in [0, 0.1) is 11.3 Å². The molecule has 0 unspecified atom stereocenters. The fourth-order valence-corrected chi connectivity index (χ4v) is 2.89. The van der Waals surface area contributed by atoms with Gasteiger partial charge in [-0.1, -0.05) is 32.0 Å². The van der Waals surface area contributed by atoms with Crippen LogP contribution >= 0.6 is 0 Å². The molecule has 0 aromatic heterocycles. The minimum atomic E-state index is -0.190. The lowest BCUT2D eigenvalue weighted by molar-refractivity contribution is -0.128. The number of benzene rings is 1. The maximum absolute atomic E-state index is 12.5. The van der Waals surface area contributed by atoms with E-state index in [-0.39, 0.29) is 11.5 Å². The number of nitriles is 1. The summed E-state index contributed by atoms with van der Waals surface area (Å²) in [5.74, 6) is -0.190. The van der Waals surface area contributed by atoms with Gasteiger partial charge in [-0.25, -0.2) is 0 Å². The van der Waals surface area contributed by atoms with E-state index in [1.165, 1.54) is 11.1 Å². The number of amides is 1. The largest absolute Gasteiger partial charge is 0.360 e. The number of para-hydroxylation sites is 1. The molecule has 0 spiro atoms. The number of piperazine rings is 1. The van der Waals surface area contributed by atoms with E-state index in [0.717, 1.165) is 31.6 Å². The van der Waals surface area contributed by atoms with Gasteiger partial charge in [0, 0.05) is 38.1 Å². The van der Waals surface area contributed by atoms with Crippen molar-refractivity contribution in [3.63, 3.8) is 0 Å². The smallest absolute Gasteiger partial charge is 0.266 e. The van der Waals surface area contributed by atoms with Crippen molar-refractivity contribution in [2.75, 3.05) is 38.5 Å². The normalized spacial score (nSPS) is 15.9. The number of hydrogen-bond acceptors (Lipinski definition) is 4. The summed E-state index contributed by atoms with van der Waals surface area (Å²) in [5, 5.41) is 12.6. The summed E-state index contributed by atoms with van der Waals surface area (Å²) in [7, 11) is 2.04. The molecule has 1 fully saturated rings. The lowest BCUT2D eigenvalue weighted by Gasteiger charge is -2.32. The Morgan fingerprint density at radius 3 is 2.29 bits per heavy atom. The van der Waals surface area contributed by atoms with Crippen molar-refractivity contribution in [3.8, 4) is 6.07 Å². The predicted molar refractivity (Wildman–Crippen MR) is 96.6 cm³/mol. The molecule has 5 nitrogen and oxygen atoms in total. The van der Waals surface area contributed by atoms with Gasteiger partial charge in [-0.2, -0.15) is 5.26 Å². The summed E-state index contributed by atoms with van der Waals surface area (Å²) in [4.78, 5) is 16.5. The quantitative estimate of drug-likeness (QED) is 0.667. The van der Waals surface area contributed by atoms with E-state index in [4.69, 9.17) is 0 Å². The summed E-state index contributed by atoms with van der Waals surface area (Å²) in [5.41, 5.74) is 3.55. The minimum absolute atomic E-state index is 0.160. The van der Waals surface area contributed by atoms with Crippen molar-refractivity contribution in [3.05, 3.63) is 41.1 Å². The number of rotatable bonds is 5. The lowest BCUT2D eigenvalue weighted by Crippen LogP contribution is -2.47. The maximum Gasteiger partial charge on any atom is 0.266 e. The third-order valence-electron chi connectivity index (χ3n) is 4.50. The van der Waals surface area contributed by atoms with Gasteiger partial charge in [-0.3, -0.25) is 4.79 Å². The molecule has 1 aromatic carbocycles. The third kappa shape index (κ3) is 4.15. The molecule has 0 aliphatic carbocycles. The van der Waals surface area contributed by atoms with E-state index >= 15 is 0 Å². The highest BCUT2D eigenvalue weighted by Crippen LogP contribution is 2.23. The van der Waals surface area contributed by atoms with Crippen LogP contribution in [0.25, 0.3) is 0 Å². The molecule has 1 saturated heterocycles. The van der Waals surface area contributed by atoms with Crippen LogP contribution in [0.5, 0.6) is 0 Å². The molecular weight excluding hydrogens is 300 g/mol. The Balaban J connectivity index is 2.17. The molecule has 5 heteroatoms. The van der Waals surface area contributed by atoms with Gasteiger partial charge in [0.05, 0.1) is 0 Å². The Hall–Kier alpha value is -2.32. The summed E-state index contributed by atoms with van der Waals surface area (Å²) in [6.07, 6.45) is 3.37. The fraction of sp³-hybridized carbons (Fsp3) is 0.474. The van der Waals surface area contributed by atoms with Crippen molar-refractivity contribution in [1.82, 2.24) is 9.80 Å². The Labute approximate surface area is 144 Å². The Kier molecular flexibility index (Phi) is 6.39. The molecule has 1 aliphatic heterocycles. The lowest BCUT2D eigenvalue weighted by atomic mass is 10.0. The number of likely N-dealkylation sites (N-methyl/N-ethyl adjacent to an activating group) is 1. The average molecular weight is 326 g/mol. The molecule has 1 aromatic rings. The summed E-state index contributed by atoms with van der Waals surface area (Å²) in [6.45, 7) is 7.22. The predicted octanol–water partition coefficient (Wildman–Crippen LogP) is 2.40. The molecule has 0 atom stereocenters. The van der Waals surface area contributed by atoms with E-state index in [9.17, 15) is 10.1 Å². The molecule has 0 radical (unpaired) electrons. The number of carbonyl (C=O) groups is 1. The van der Waals surface area contributed by atoms with Crippen LogP contribution in [-0.2, 0) is 17.6 Å². The van der Waals surface area contributed by atoms with Crippen molar-refractivity contribution < 1.29 is 4.79 Å². The average Bonchev–Trinajstić information content (AvgIpc) is 2.62. The van der Waals surface area contributed by atoms with Gasteiger partial charge in [-0.05, 0) is 31.0 Å². The van der Waals surface area contributed by atoms with E-state index < -0.39 is 0 Å². The number of aryl methyl sites for hydroxylation is 2. The van der Waals surface area contributed by atoms with Crippen molar-refractivity contribution >= 4 is 11.6 Å².